The summed E-state index contributed by atoms with van der Waals surface area (Å²) in [5, 5.41) is 3.15. The molecule has 2 bridgehead atoms. The van der Waals surface area contributed by atoms with E-state index in [1.165, 1.54) is 25.7 Å². The van der Waals surface area contributed by atoms with E-state index < -0.39 is 10.0 Å². The van der Waals surface area contributed by atoms with Crippen molar-refractivity contribution in [1.29, 1.82) is 0 Å². The highest BCUT2D eigenvalue weighted by molar-refractivity contribution is 7.89. The van der Waals surface area contributed by atoms with E-state index >= 15 is 0 Å². The van der Waals surface area contributed by atoms with Gasteiger partial charge in [-0.1, -0.05) is 19.3 Å². The molecule has 0 aromatic heterocycles. The van der Waals surface area contributed by atoms with Gasteiger partial charge in [0.25, 0.3) is 5.91 Å². The van der Waals surface area contributed by atoms with Crippen LogP contribution < -0.4 is 5.32 Å². The van der Waals surface area contributed by atoms with Crippen LogP contribution in [0.2, 0.25) is 0 Å². The van der Waals surface area contributed by atoms with Crippen LogP contribution in [0.25, 0.3) is 0 Å². The van der Waals surface area contributed by atoms with Gasteiger partial charge in [-0.3, -0.25) is 4.79 Å². The van der Waals surface area contributed by atoms with Crippen molar-refractivity contribution in [2.45, 2.75) is 69.2 Å². The van der Waals surface area contributed by atoms with Crippen LogP contribution in [0.3, 0.4) is 0 Å². The second-order valence-corrected chi connectivity index (χ2v) is 10.9. The summed E-state index contributed by atoms with van der Waals surface area (Å²) < 4.78 is 27.3. The molecule has 1 amide bonds. The molecule has 28 heavy (non-hydrogen) atoms. The maximum Gasteiger partial charge on any atom is 0.251 e. The fourth-order valence-electron chi connectivity index (χ4n) is 5.51. The molecule has 154 valence electrons. The Morgan fingerprint density at radius 2 is 1.71 bits per heavy atom. The number of hydrogen-bond donors (Lipinski definition) is 1. The third-order valence-corrected chi connectivity index (χ3v) is 9.03. The number of sulfonamides is 1. The standard InChI is InChI=1S/C22H32N2O3S/c1-16(21-15-17-6-7-19(21)14-17)23-22(25)18-8-10-20(11-9-18)28(26,27)24-12-4-2-3-5-13-24/h8-11,16-17,19,21H,2-7,12-15H2,1H3,(H,23,25)/t16-,17-,19-,21+/m0/s1. The summed E-state index contributed by atoms with van der Waals surface area (Å²) in [6.07, 6.45) is 9.24. The number of fused-ring (bicyclic) bond motifs is 2. The molecule has 6 heteroatoms. The fourth-order valence-corrected chi connectivity index (χ4v) is 7.03. The van der Waals surface area contributed by atoms with Gasteiger partial charge >= 0.3 is 0 Å². The van der Waals surface area contributed by atoms with Crippen LogP contribution in [-0.4, -0.2) is 37.8 Å². The summed E-state index contributed by atoms with van der Waals surface area (Å²) in [5.41, 5.74) is 0.532. The third kappa shape index (κ3) is 3.99. The number of carbonyl (C=O) groups excluding carboxylic acids is 1. The van der Waals surface area contributed by atoms with Gasteiger partial charge in [0.2, 0.25) is 10.0 Å². The quantitative estimate of drug-likeness (QED) is 0.812. The van der Waals surface area contributed by atoms with E-state index in [4.69, 9.17) is 0 Å². The minimum Gasteiger partial charge on any atom is -0.349 e. The maximum atomic E-state index is 12.9. The number of carbonyl (C=O) groups is 1. The van der Waals surface area contributed by atoms with Crippen LogP contribution in [0, 0.1) is 17.8 Å². The molecule has 1 aromatic rings. The SMILES string of the molecule is C[C@H](NC(=O)c1ccc(S(=O)(=O)N2CCCCCC2)cc1)[C@H]1C[C@H]2CC[C@H]1C2. The predicted octanol–water partition coefficient (Wildman–Crippen LogP) is 3.81. The maximum absolute atomic E-state index is 12.9. The summed E-state index contributed by atoms with van der Waals surface area (Å²) in [6, 6.07) is 6.62. The Hall–Kier alpha value is -1.40. The van der Waals surface area contributed by atoms with Crippen molar-refractivity contribution in [2.24, 2.45) is 17.8 Å². The van der Waals surface area contributed by atoms with Crippen molar-refractivity contribution >= 4 is 15.9 Å². The molecule has 4 rings (SSSR count). The molecule has 5 nitrogen and oxygen atoms in total. The van der Waals surface area contributed by atoms with Crippen molar-refractivity contribution < 1.29 is 13.2 Å². The zero-order valence-electron chi connectivity index (χ0n) is 16.8. The zero-order chi connectivity index (χ0) is 19.7. The summed E-state index contributed by atoms with van der Waals surface area (Å²) in [5.74, 6) is 2.11. The van der Waals surface area contributed by atoms with Gasteiger partial charge in [0.05, 0.1) is 4.90 Å². The molecule has 4 atom stereocenters. The zero-order valence-corrected chi connectivity index (χ0v) is 17.6. The predicted molar refractivity (Wildman–Crippen MR) is 110 cm³/mol. The Balaban J connectivity index is 1.40. The van der Waals surface area contributed by atoms with Crippen LogP contribution in [-0.2, 0) is 10.0 Å². The van der Waals surface area contributed by atoms with Crippen LogP contribution in [0.15, 0.2) is 29.2 Å². The first-order valence-corrected chi connectivity index (χ1v) is 12.3. The Labute approximate surface area is 168 Å². The van der Waals surface area contributed by atoms with E-state index in [-0.39, 0.29) is 16.8 Å². The molecular weight excluding hydrogens is 372 g/mol. The topological polar surface area (TPSA) is 66.5 Å². The minimum absolute atomic E-state index is 0.103. The van der Waals surface area contributed by atoms with Crippen LogP contribution in [0.1, 0.15) is 68.6 Å². The first-order chi connectivity index (χ1) is 13.4. The molecule has 1 heterocycles. The summed E-state index contributed by atoms with van der Waals surface area (Å²) in [4.78, 5) is 12.9. The van der Waals surface area contributed by atoms with Crippen molar-refractivity contribution in [3.05, 3.63) is 29.8 Å². The molecule has 1 saturated heterocycles. The lowest BCUT2D eigenvalue weighted by Gasteiger charge is -2.28. The molecule has 1 N–H and O–H groups in total. The van der Waals surface area contributed by atoms with E-state index in [0.29, 0.717) is 24.6 Å². The van der Waals surface area contributed by atoms with Crippen LogP contribution in [0.4, 0.5) is 0 Å². The van der Waals surface area contributed by atoms with Crippen LogP contribution >= 0.6 is 0 Å². The molecule has 1 aromatic carbocycles. The molecule has 3 fully saturated rings. The number of nitrogens with zero attached hydrogens (tertiary/aromatic N) is 1. The average Bonchev–Trinajstić information content (AvgIpc) is 3.22. The molecule has 0 spiro atoms. The lowest BCUT2D eigenvalue weighted by Crippen LogP contribution is -2.40. The highest BCUT2D eigenvalue weighted by atomic mass is 32.2. The fraction of sp³-hybridized carbons (Fsp3) is 0.682. The molecule has 2 aliphatic carbocycles. The second kappa shape index (κ2) is 8.15. The van der Waals surface area contributed by atoms with Gasteiger partial charge in [-0.05, 0) is 81.0 Å². The Morgan fingerprint density at radius 1 is 1.04 bits per heavy atom. The molecule has 3 aliphatic rings. The summed E-state index contributed by atoms with van der Waals surface area (Å²) in [7, 11) is -3.47. The highest BCUT2D eigenvalue weighted by Crippen LogP contribution is 2.49. The molecule has 0 radical (unpaired) electrons. The normalized spacial score (nSPS) is 29.4. The number of rotatable bonds is 5. The Bertz CT molecular complexity index is 798. The lowest BCUT2D eigenvalue weighted by atomic mass is 9.84. The first kappa shape index (κ1) is 19.9. The Morgan fingerprint density at radius 3 is 2.29 bits per heavy atom. The van der Waals surface area contributed by atoms with Crippen molar-refractivity contribution in [3.8, 4) is 0 Å². The first-order valence-electron chi connectivity index (χ1n) is 10.9. The van der Waals surface area contributed by atoms with Gasteiger partial charge in [0, 0.05) is 24.7 Å². The third-order valence-electron chi connectivity index (χ3n) is 7.11. The van der Waals surface area contributed by atoms with Gasteiger partial charge in [0.1, 0.15) is 0 Å². The number of benzene rings is 1. The summed E-state index contributed by atoms with van der Waals surface area (Å²) in [6.45, 7) is 3.29. The average molecular weight is 405 g/mol. The Kier molecular flexibility index (Phi) is 5.79. The number of amides is 1. The molecule has 1 aliphatic heterocycles. The molecular formula is C22H32N2O3S. The van der Waals surface area contributed by atoms with Gasteiger partial charge in [0.15, 0.2) is 0 Å². The van der Waals surface area contributed by atoms with Crippen molar-refractivity contribution in [2.75, 3.05) is 13.1 Å². The lowest BCUT2D eigenvalue weighted by molar-refractivity contribution is 0.0915. The van der Waals surface area contributed by atoms with E-state index in [9.17, 15) is 13.2 Å². The second-order valence-electron chi connectivity index (χ2n) is 8.94. The van der Waals surface area contributed by atoms with E-state index in [0.717, 1.165) is 37.5 Å². The summed E-state index contributed by atoms with van der Waals surface area (Å²) >= 11 is 0. The van der Waals surface area contributed by atoms with Gasteiger partial charge in [-0.25, -0.2) is 8.42 Å². The van der Waals surface area contributed by atoms with Crippen LogP contribution in [0.5, 0.6) is 0 Å². The van der Waals surface area contributed by atoms with E-state index in [1.54, 1.807) is 28.6 Å². The molecule has 0 unspecified atom stereocenters. The van der Waals surface area contributed by atoms with Crippen molar-refractivity contribution in [1.82, 2.24) is 9.62 Å². The van der Waals surface area contributed by atoms with Crippen molar-refractivity contribution in [3.63, 3.8) is 0 Å². The highest BCUT2D eigenvalue weighted by Gasteiger charge is 2.42. The van der Waals surface area contributed by atoms with Gasteiger partial charge in [-0.15, -0.1) is 0 Å². The minimum atomic E-state index is -3.47. The smallest absolute Gasteiger partial charge is 0.251 e. The van der Waals surface area contributed by atoms with E-state index in [1.807, 2.05) is 0 Å². The van der Waals surface area contributed by atoms with Gasteiger partial charge in [-0.2, -0.15) is 4.31 Å². The monoisotopic (exact) mass is 404 g/mol. The number of hydrogen-bond acceptors (Lipinski definition) is 3. The van der Waals surface area contributed by atoms with Gasteiger partial charge < -0.3 is 5.32 Å². The largest absolute Gasteiger partial charge is 0.349 e. The number of nitrogens with one attached hydrogen (secondary N) is 1. The molecule has 2 saturated carbocycles. The van der Waals surface area contributed by atoms with E-state index in [2.05, 4.69) is 12.2 Å².